The number of likely N-dealkylation sites (N-methyl/N-ethyl adjacent to an activating group) is 1. The maximum atomic E-state index is 12.7. The first-order chi connectivity index (χ1) is 24.1. The van der Waals surface area contributed by atoms with Crippen LogP contribution in [0.4, 0.5) is 0 Å². The third kappa shape index (κ3) is 32.0. The maximum Gasteiger partial charge on any atom is 0.306 e. The average Bonchev–Trinajstić information content (AvgIpc) is 3.06. The number of rotatable bonds is 37. The predicted octanol–water partition coefficient (Wildman–Crippen LogP) is 9.41. The normalized spacial score (nSPS) is 13.1. The summed E-state index contributed by atoms with van der Waals surface area (Å²) in [5.74, 6) is -1.74. The van der Waals surface area contributed by atoms with Gasteiger partial charge in [0.2, 0.25) is 0 Å². The summed E-state index contributed by atoms with van der Waals surface area (Å²) >= 11 is 0. The van der Waals surface area contributed by atoms with Gasteiger partial charge in [0.05, 0.1) is 40.3 Å². The highest BCUT2D eigenvalue weighted by Crippen LogP contribution is 2.14. The number of allylic oxidation sites excluding steroid dienone is 2. The molecule has 0 amide bonds. The molecule has 0 aliphatic rings. The fourth-order valence-electron chi connectivity index (χ4n) is 6.12. The van der Waals surface area contributed by atoms with Gasteiger partial charge in [-0.25, -0.2) is 0 Å². The van der Waals surface area contributed by atoms with Crippen LogP contribution in [0.5, 0.6) is 0 Å². The first-order valence-electron chi connectivity index (χ1n) is 20.7. The number of ether oxygens (including phenoxy) is 3. The van der Waals surface area contributed by atoms with Gasteiger partial charge in [-0.3, -0.25) is 9.59 Å². The van der Waals surface area contributed by atoms with Crippen molar-refractivity contribution in [1.82, 2.24) is 0 Å². The zero-order valence-corrected chi connectivity index (χ0v) is 33.3. The van der Waals surface area contributed by atoms with Crippen LogP contribution in [0.25, 0.3) is 0 Å². The van der Waals surface area contributed by atoms with E-state index in [4.69, 9.17) is 14.2 Å². The largest absolute Gasteiger partial charge is 0.544 e. The number of carboxylic acid groups (broad SMARTS) is 1. The van der Waals surface area contributed by atoms with Crippen LogP contribution in [0.3, 0.4) is 0 Å². The minimum Gasteiger partial charge on any atom is -0.544 e. The zero-order valence-electron chi connectivity index (χ0n) is 33.3. The van der Waals surface area contributed by atoms with Gasteiger partial charge in [0.25, 0.3) is 0 Å². The molecule has 50 heavy (non-hydrogen) atoms. The zero-order chi connectivity index (χ0) is 37.1. The van der Waals surface area contributed by atoms with Gasteiger partial charge >= 0.3 is 11.9 Å². The summed E-state index contributed by atoms with van der Waals surface area (Å²) in [5.41, 5.74) is 0. The van der Waals surface area contributed by atoms with Gasteiger partial charge in [0.1, 0.15) is 12.6 Å². The first-order valence-corrected chi connectivity index (χ1v) is 20.7. The summed E-state index contributed by atoms with van der Waals surface area (Å²) in [7, 11) is 5.40. The number of aliphatic carboxylic acids is 1. The summed E-state index contributed by atoms with van der Waals surface area (Å²) in [5, 5.41) is 11.6. The molecule has 8 nitrogen and oxygen atoms in total. The Bertz CT molecular complexity index is 838. The second-order valence-electron chi connectivity index (χ2n) is 15.2. The van der Waals surface area contributed by atoms with Crippen molar-refractivity contribution in [3.63, 3.8) is 0 Å². The predicted molar refractivity (Wildman–Crippen MR) is 204 cm³/mol. The van der Waals surface area contributed by atoms with Gasteiger partial charge in [0, 0.05) is 19.3 Å². The van der Waals surface area contributed by atoms with Crippen molar-refractivity contribution < 1.29 is 38.2 Å². The molecule has 8 heteroatoms. The average molecular weight is 710 g/mol. The van der Waals surface area contributed by atoms with Crippen molar-refractivity contribution in [1.29, 1.82) is 0 Å². The van der Waals surface area contributed by atoms with Crippen LogP contribution in [-0.2, 0) is 28.6 Å². The molecule has 0 saturated heterocycles. The van der Waals surface area contributed by atoms with E-state index < -0.39 is 18.1 Å². The van der Waals surface area contributed by atoms with Crippen molar-refractivity contribution in [3.8, 4) is 0 Å². The molecule has 0 aliphatic carbocycles. The number of quaternary nitrogens is 1. The summed E-state index contributed by atoms with van der Waals surface area (Å²) < 4.78 is 17.1. The van der Waals surface area contributed by atoms with Gasteiger partial charge in [-0.2, -0.15) is 0 Å². The lowest BCUT2D eigenvalue weighted by Crippen LogP contribution is -2.55. The number of carbonyl (C=O) groups is 3. The van der Waals surface area contributed by atoms with Crippen molar-refractivity contribution in [3.05, 3.63) is 12.2 Å². The van der Waals surface area contributed by atoms with Crippen molar-refractivity contribution in [2.24, 2.45) is 0 Å². The lowest BCUT2D eigenvalue weighted by Gasteiger charge is -2.34. The summed E-state index contributed by atoms with van der Waals surface area (Å²) in [4.78, 5) is 36.6. The Kier molecular flexibility index (Phi) is 32.9. The molecule has 0 fully saturated rings. The third-order valence-corrected chi connectivity index (χ3v) is 9.40. The number of carbonyl (C=O) groups excluding carboxylic acids is 3. The minimum atomic E-state index is -1.12. The number of hydrogen-bond donors (Lipinski definition) is 0. The monoisotopic (exact) mass is 710 g/mol. The molecular formula is C42H79NO7. The Morgan fingerprint density at radius 2 is 1.00 bits per heavy atom. The highest BCUT2D eigenvalue weighted by Gasteiger charge is 2.25. The van der Waals surface area contributed by atoms with Gasteiger partial charge < -0.3 is 28.6 Å². The van der Waals surface area contributed by atoms with Gasteiger partial charge in [-0.15, -0.1) is 0 Å². The Balaban J connectivity index is 4.29. The van der Waals surface area contributed by atoms with Crippen LogP contribution < -0.4 is 5.11 Å². The fourth-order valence-corrected chi connectivity index (χ4v) is 6.12. The third-order valence-electron chi connectivity index (χ3n) is 9.40. The maximum absolute atomic E-state index is 12.7. The second-order valence-corrected chi connectivity index (χ2v) is 15.2. The summed E-state index contributed by atoms with van der Waals surface area (Å²) in [6.45, 7) is 4.63. The van der Waals surface area contributed by atoms with E-state index in [-0.39, 0.29) is 42.7 Å². The molecule has 0 bridgehead atoms. The molecule has 0 N–H and O–H groups in total. The number of esters is 2. The topological polar surface area (TPSA) is 102 Å². The molecule has 294 valence electrons. The molecule has 0 rings (SSSR count). The number of unbranched alkanes of at least 4 members (excludes halogenated alkanes) is 21. The van der Waals surface area contributed by atoms with Crippen LogP contribution in [0.15, 0.2) is 12.2 Å². The first kappa shape index (κ1) is 48.1. The van der Waals surface area contributed by atoms with Crippen LogP contribution in [0.1, 0.15) is 187 Å². The van der Waals surface area contributed by atoms with Crippen LogP contribution >= 0.6 is 0 Å². The van der Waals surface area contributed by atoms with E-state index in [2.05, 4.69) is 26.0 Å². The van der Waals surface area contributed by atoms with Crippen molar-refractivity contribution in [2.45, 2.75) is 199 Å². The molecule has 0 saturated carbocycles. The van der Waals surface area contributed by atoms with E-state index in [1.54, 1.807) is 21.1 Å². The van der Waals surface area contributed by atoms with E-state index in [0.717, 1.165) is 38.5 Å². The molecule has 0 heterocycles. The Hall–Kier alpha value is -1.93. The smallest absolute Gasteiger partial charge is 0.306 e. The molecule has 2 atom stereocenters. The van der Waals surface area contributed by atoms with Crippen molar-refractivity contribution >= 4 is 17.9 Å². The molecule has 0 aromatic carbocycles. The van der Waals surface area contributed by atoms with E-state index in [0.29, 0.717) is 12.8 Å². The van der Waals surface area contributed by atoms with Gasteiger partial charge in [0.15, 0.2) is 6.10 Å². The fraction of sp³-hybridized carbons (Fsp3) is 0.881. The van der Waals surface area contributed by atoms with Crippen LogP contribution in [0, 0.1) is 0 Å². The molecule has 0 radical (unpaired) electrons. The van der Waals surface area contributed by atoms with Gasteiger partial charge in [-0.05, 0) is 38.5 Å². The van der Waals surface area contributed by atoms with E-state index >= 15 is 0 Å². The summed E-state index contributed by atoms with van der Waals surface area (Å²) in [6, 6.07) is -0.721. The molecule has 0 aliphatic heterocycles. The standard InChI is InChI=1S/C42H79NO7/c1-6-8-10-12-14-16-17-18-19-20-21-22-23-24-25-27-29-31-33-41(45)50-38(36-48-35-34-39(42(46)47)43(3,4)5)37-49-40(44)32-30-28-26-15-13-11-9-7-2/h19-20,38-39H,6-18,21-37H2,1-5H3/b20-19-. The second kappa shape index (κ2) is 34.2. The lowest BCUT2D eigenvalue weighted by molar-refractivity contribution is -0.889. The number of hydrogen-bond acceptors (Lipinski definition) is 7. The quantitative estimate of drug-likeness (QED) is 0.0274. The molecule has 0 spiro atoms. The molecule has 0 aromatic rings. The van der Waals surface area contributed by atoms with Crippen LogP contribution in [-0.4, -0.2) is 75.5 Å². The van der Waals surface area contributed by atoms with Crippen molar-refractivity contribution in [2.75, 3.05) is 41.0 Å². The molecular weight excluding hydrogens is 630 g/mol. The van der Waals surface area contributed by atoms with E-state index in [1.165, 1.54) is 116 Å². The highest BCUT2D eigenvalue weighted by atomic mass is 16.6. The Morgan fingerprint density at radius 3 is 1.44 bits per heavy atom. The van der Waals surface area contributed by atoms with Gasteiger partial charge in [-0.1, -0.05) is 142 Å². The Morgan fingerprint density at radius 1 is 0.580 bits per heavy atom. The number of carboxylic acids is 1. The van der Waals surface area contributed by atoms with E-state index in [1.807, 2.05) is 0 Å². The SMILES string of the molecule is CCCCCCCCC/C=C\CCCCCCCCCC(=O)OC(COCCC(C(=O)[O-])[N+](C)(C)C)COC(=O)CCCCCCCCCC. The molecule has 0 aromatic heterocycles. The lowest BCUT2D eigenvalue weighted by atomic mass is 10.1. The van der Waals surface area contributed by atoms with Crippen LogP contribution in [0.2, 0.25) is 0 Å². The Labute approximate surface area is 308 Å². The minimum absolute atomic E-state index is 0.0437. The highest BCUT2D eigenvalue weighted by molar-refractivity contribution is 5.70. The summed E-state index contributed by atoms with van der Waals surface area (Å²) in [6.07, 6.45) is 33.8. The van der Waals surface area contributed by atoms with E-state index in [9.17, 15) is 19.5 Å². The molecule has 2 unspecified atom stereocenters. The number of nitrogens with zero attached hydrogens (tertiary/aromatic N) is 1.